The molecular weight excluding hydrogens is 193 g/mol. The van der Waals surface area contributed by atoms with Crippen LogP contribution in [0.4, 0.5) is 4.39 Å². The Labute approximate surface area is 89.1 Å². The number of hydrazine groups is 1. The molecule has 3 nitrogen and oxygen atoms in total. The molecule has 0 spiro atoms. The van der Waals surface area contributed by atoms with E-state index in [4.69, 9.17) is 5.84 Å². The molecule has 1 aliphatic heterocycles. The fourth-order valence-electron chi connectivity index (χ4n) is 2.10. The maximum Gasteiger partial charge on any atom is 0.141 e. The fourth-order valence-corrected chi connectivity index (χ4v) is 2.10. The molecule has 0 amide bonds. The van der Waals surface area contributed by atoms with Crippen LogP contribution in [0, 0.1) is 5.82 Å². The van der Waals surface area contributed by atoms with Crippen LogP contribution >= 0.6 is 0 Å². The number of halogens is 1. The van der Waals surface area contributed by atoms with Gasteiger partial charge in [-0.3, -0.25) is 10.8 Å². The molecule has 0 aliphatic carbocycles. The number of nitrogens with two attached hydrogens (primary N) is 1. The van der Waals surface area contributed by atoms with Gasteiger partial charge in [0.2, 0.25) is 0 Å². The van der Waals surface area contributed by atoms with Gasteiger partial charge in [-0.2, -0.15) is 0 Å². The van der Waals surface area contributed by atoms with Crippen molar-refractivity contribution >= 4 is 0 Å². The normalized spacial score (nSPS) is 23.7. The molecule has 0 unspecified atom stereocenters. The third-order valence-corrected chi connectivity index (χ3v) is 2.91. The van der Waals surface area contributed by atoms with Crippen molar-refractivity contribution in [2.24, 2.45) is 5.84 Å². The van der Waals surface area contributed by atoms with Gasteiger partial charge in [0.25, 0.3) is 0 Å². The monoisotopic (exact) mass is 209 g/mol. The summed E-state index contributed by atoms with van der Waals surface area (Å²) in [4.78, 5) is 3.87. The lowest BCUT2D eigenvalue weighted by molar-refractivity contribution is 0.206. The second-order valence-electron chi connectivity index (χ2n) is 4.04. The van der Waals surface area contributed by atoms with Gasteiger partial charge in [0.1, 0.15) is 5.82 Å². The SMILES string of the molecule is NN1CCCCC[C@H]1c1cncc(F)c1. The van der Waals surface area contributed by atoms with Crippen LogP contribution in [0.15, 0.2) is 18.5 Å². The summed E-state index contributed by atoms with van der Waals surface area (Å²) in [5, 5.41) is 1.81. The third kappa shape index (κ3) is 2.52. The maximum atomic E-state index is 13.0. The molecule has 0 radical (unpaired) electrons. The van der Waals surface area contributed by atoms with Gasteiger partial charge in [-0.05, 0) is 24.5 Å². The van der Waals surface area contributed by atoms with Gasteiger partial charge in [0.05, 0.1) is 12.2 Å². The number of hydrogen-bond donors (Lipinski definition) is 1. The Kier molecular flexibility index (Phi) is 3.28. The van der Waals surface area contributed by atoms with E-state index in [1.807, 2.05) is 5.01 Å². The predicted molar refractivity (Wildman–Crippen MR) is 56.3 cm³/mol. The summed E-state index contributed by atoms with van der Waals surface area (Å²) in [6.07, 6.45) is 7.39. The van der Waals surface area contributed by atoms with Crippen molar-refractivity contribution in [3.8, 4) is 0 Å². The molecular formula is C11H16FN3. The Morgan fingerprint density at radius 2 is 2.20 bits per heavy atom. The average Bonchev–Trinajstić information content (AvgIpc) is 2.43. The van der Waals surface area contributed by atoms with E-state index in [0.29, 0.717) is 0 Å². The lowest BCUT2D eigenvalue weighted by Gasteiger charge is -2.25. The highest BCUT2D eigenvalue weighted by Gasteiger charge is 2.20. The van der Waals surface area contributed by atoms with Crippen molar-refractivity contribution in [1.29, 1.82) is 0 Å². The fraction of sp³-hybridized carbons (Fsp3) is 0.545. The summed E-state index contributed by atoms with van der Waals surface area (Å²) in [6, 6.07) is 1.65. The van der Waals surface area contributed by atoms with Gasteiger partial charge in [0, 0.05) is 12.7 Å². The zero-order valence-electron chi connectivity index (χ0n) is 8.69. The van der Waals surface area contributed by atoms with Crippen molar-refractivity contribution in [2.75, 3.05) is 6.54 Å². The Morgan fingerprint density at radius 3 is 3.00 bits per heavy atom. The van der Waals surface area contributed by atoms with Crippen LogP contribution in [0.5, 0.6) is 0 Å². The van der Waals surface area contributed by atoms with Crippen LogP contribution in [0.25, 0.3) is 0 Å². The Morgan fingerprint density at radius 1 is 1.33 bits per heavy atom. The number of rotatable bonds is 1. The van der Waals surface area contributed by atoms with Crippen LogP contribution < -0.4 is 5.84 Å². The van der Waals surface area contributed by atoms with E-state index in [1.54, 1.807) is 6.20 Å². The van der Waals surface area contributed by atoms with E-state index in [-0.39, 0.29) is 11.9 Å². The lowest BCUT2D eigenvalue weighted by atomic mass is 10.0. The molecule has 1 aromatic rings. The minimum absolute atomic E-state index is 0.121. The lowest BCUT2D eigenvalue weighted by Crippen LogP contribution is -2.35. The smallest absolute Gasteiger partial charge is 0.141 e. The first-order chi connectivity index (χ1) is 7.27. The minimum Gasteiger partial charge on any atom is -0.268 e. The molecule has 4 heteroatoms. The highest BCUT2D eigenvalue weighted by Crippen LogP contribution is 2.27. The van der Waals surface area contributed by atoms with E-state index < -0.39 is 0 Å². The van der Waals surface area contributed by atoms with Gasteiger partial charge in [-0.25, -0.2) is 9.40 Å². The highest BCUT2D eigenvalue weighted by molar-refractivity contribution is 5.15. The summed E-state index contributed by atoms with van der Waals surface area (Å²) < 4.78 is 13.0. The van der Waals surface area contributed by atoms with E-state index >= 15 is 0 Å². The second-order valence-corrected chi connectivity index (χ2v) is 4.04. The molecule has 2 heterocycles. The predicted octanol–water partition coefficient (Wildman–Crippen LogP) is 2.01. The number of hydrogen-bond acceptors (Lipinski definition) is 3. The van der Waals surface area contributed by atoms with Crippen LogP contribution in [-0.4, -0.2) is 16.5 Å². The van der Waals surface area contributed by atoms with E-state index in [9.17, 15) is 4.39 Å². The van der Waals surface area contributed by atoms with Crippen molar-refractivity contribution in [3.63, 3.8) is 0 Å². The first-order valence-electron chi connectivity index (χ1n) is 5.39. The molecule has 2 rings (SSSR count). The van der Waals surface area contributed by atoms with Gasteiger partial charge in [0.15, 0.2) is 0 Å². The summed E-state index contributed by atoms with van der Waals surface area (Å²) in [5.74, 6) is 5.66. The maximum absolute atomic E-state index is 13.0. The Hall–Kier alpha value is -1.00. The molecule has 0 bridgehead atoms. The van der Waals surface area contributed by atoms with Crippen LogP contribution in [0.2, 0.25) is 0 Å². The largest absolute Gasteiger partial charge is 0.268 e. The standard InChI is InChI=1S/C11H16FN3/c12-10-6-9(7-14-8-10)11-4-2-1-3-5-15(11)13/h6-8,11H,1-5,13H2/t11-/m0/s1. The van der Waals surface area contributed by atoms with E-state index in [2.05, 4.69) is 4.98 Å². The number of aromatic nitrogens is 1. The van der Waals surface area contributed by atoms with Crippen LogP contribution in [0.3, 0.4) is 0 Å². The van der Waals surface area contributed by atoms with Gasteiger partial charge in [-0.1, -0.05) is 12.8 Å². The number of pyridine rings is 1. The molecule has 0 saturated carbocycles. The summed E-state index contributed by atoms with van der Waals surface area (Å²) in [7, 11) is 0. The highest BCUT2D eigenvalue weighted by atomic mass is 19.1. The Bertz CT molecular complexity index is 329. The summed E-state index contributed by atoms with van der Waals surface area (Å²) in [5.41, 5.74) is 0.888. The van der Waals surface area contributed by atoms with Gasteiger partial charge in [-0.15, -0.1) is 0 Å². The first-order valence-corrected chi connectivity index (χ1v) is 5.39. The summed E-state index contributed by atoms with van der Waals surface area (Å²) in [6.45, 7) is 0.876. The van der Waals surface area contributed by atoms with Crippen LogP contribution in [-0.2, 0) is 0 Å². The molecule has 1 saturated heterocycles. The molecule has 0 aromatic carbocycles. The zero-order chi connectivity index (χ0) is 10.7. The third-order valence-electron chi connectivity index (χ3n) is 2.91. The molecule has 1 fully saturated rings. The molecule has 1 atom stereocenters. The van der Waals surface area contributed by atoms with Crippen molar-refractivity contribution < 1.29 is 4.39 Å². The minimum atomic E-state index is -0.287. The van der Waals surface area contributed by atoms with Gasteiger partial charge >= 0.3 is 0 Å². The Balaban J connectivity index is 2.20. The quantitative estimate of drug-likeness (QED) is 0.719. The van der Waals surface area contributed by atoms with E-state index in [1.165, 1.54) is 18.7 Å². The molecule has 82 valence electrons. The summed E-state index contributed by atoms with van der Waals surface area (Å²) >= 11 is 0. The van der Waals surface area contributed by atoms with Crippen molar-refractivity contribution in [1.82, 2.24) is 9.99 Å². The first kappa shape index (κ1) is 10.5. The molecule has 2 N–H and O–H groups in total. The van der Waals surface area contributed by atoms with E-state index in [0.717, 1.165) is 31.4 Å². The second kappa shape index (κ2) is 4.68. The zero-order valence-corrected chi connectivity index (χ0v) is 8.69. The van der Waals surface area contributed by atoms with Crippen LogP contribution in [0.1, 0.15) is 37.3 Å². The van der Waals surface area contributed by atoms with Crippen molar-refractivity contribution in [2.45, 2.75) is 31.7 Å². The van der Waals surface area contributed by atoms with Gasteiger partial charge < -0.3 is 0 Å². The number of nitrogens with zero attached hydrogens (tertiary/aromatic N) is 2. The topological polar surface area (TPSA) is 42.1 Å². The van der Waals surface area contributed by atoms with Crippen molar-refractivity contribution in [3.05, 3.63) is 29.8 Å². The molecule has 1 aliphatic rings. The molecule has 1 aromatic heterocycles. The molecule has 15 heavy (non-hydrogen) atoms. The average molecular weight is 209 g/mol.